The van der Waals surface area contributed by atoms with Gasteiger partial charge in [-0.3, -0.25) is 9.59 Å². The Balaban J connectivity index is 1.35. The zero-order valence-corrected chi connectivity index (χ0v) is 21.2. The lowest BCUT2D eigenvalue weighted by molar-refractivity contribution is -0.123. The van der Waals surface area contributed by atoms with E-state index in [-0.39, 0.29) is 18.9 Å². The number of carbonyl (C=O) groups excluding carboxylic acids is 2. The van der Waals surface area contributed by atoms with Crippen molar-refractivity contribution in [1.82, 2.24) is 5.43 Å². The number of anilines is 1. The lowest BCUT2D eigenvalue weighted by atomic mass is 10.1. The van der Waals surface area contributed by atoms with Crippen LogP contribution in [0.1, 0.15) is 13.3 Å². The number of ether oxygens (including phenoxy) is 2. The molecule has 3 aromatic carbocycles. The first kappa shape index (κ1) is 24.6. The van der Waals surface area contributed by atoms with Crippen LogP contribution in [0.15, 0.2) is 68.6 Å². The number of furan rings is 1. The first-order chi connectivity index (χ1) is 16.8. The van der Waals surface area contributed by atoms with Crippen molar-refractivity contribution in [3.05, 3.63) is 64.1 Å². The number of nitrogens with zero attached hydrogens (tertiary/aromatic N) is 1. The van der Waals surface area contributed by atoms with Gasteiger partial charge in [-0.25, -0.2) is 5.43 Å². The average molecular weight is 559 g/mol. The van der Waals surface area contributed by atoms with E-state index in [0.29, 0.717) is 38.0 Å². The second-order valence-electron chi connectivity index (χ2n) is 7.62. The van der Waals surface area contributed by atoms with Crippen LogP contribution in [0.3, 0.4) is 0 Å². The number of para-hydroxylation sites is 1. The van der Waals surface area contributed by atoms with E-state index in [9.17, 15) is 9.59 Å². The van der Waals surface area contributed by atoms with E-state index < -0.39 is 5.91 Å². The number of fused-ring (bicyclic) bond motifs is 3. The third kappa shape index (κ3) is 5.93. The molecule has 0 aliphatic heterocycles. The van der Waals surface area contributed by atoms with E-state index >= 15 is 0 Å². The number of hydrogen-bond donors (Lipinski definition) is 2. The molecule has 0 aliphatic rings. The molecule has 0 saturated heterocycles. The number of halogens is 2. The molecule has 0 bridgehead atoms. The highest BCUT2D eigenvalue weighted by Crippen LogP contribution is 2.36. The summed E-state index contributed by atoms with van der Waals surface area (Å²) in [4.78, 5) is 24.6. The van der Waals surface area contributed by atoms with E-state index in [1.54, 1.807) is 31.2 Å². The number of benzene rings is 3. The molecular weight excluding hydrogens is 538 g/mol. The number of hydrogen-bond acceptors (Lipinski definition) is 6. The highest BCUT2D eigenvalue weighted by atomic mass is 79.9. The normalized spacial score (nSPS) is 11.5. The maximum atomic E-state index is 12.6. The summed E-state index contributed by atoms with van der Waals surface area (Å²) >= 11 is 9.21. The number of carbonyl (C=O) groups is 2. The molecule has 2 N–H and O–H groups in total. The maximum Gasteiger partial charge on any atom is 0.277 e. The minimum absolute atomic E-state index is 0.0365. The summed E-state index contributed by atoms with van der Waals surface area (Å²) in [7, 11) is 1.53. The Labute approximate surface area is 214 Å². The zero-order valence-electron chi connectivity index (χ0n) is 18.9. The van der Waals surface area contributed by atoms with Gasteiger partial charge >= 0.3 is 0 Å². The lowest BCUT2D eigenvalue weighted by Gasteiger charge is -2.10. The Morgan fingerprint density at radius 2 is 1.83 bits per heavy atom. The van der Waals surface area contributed by atoms with Gasteiger partial charge < -0.3 is 19.2 Å². The predicted octanol–water partition coefficient (Wildman–Crippen LogP) is 5.91. The summed E-state index contributed by atoms with van der Waals surface area (Å²) in [5, 5.41) is 9.18. The van der Waals surface area contributed by atoms with Crippen LogP contribution in [0.4, 0.5) is 5.69 Å². The standard InChI is InChI=1S/C25H21BrClN3O5/c1-14(29-30-25(32)13-34-21-8-7-15(27)10-18(21)26)9-24(31)28-19-12-22-17(11-23(19)33-2)16-5-3-4-6-20(16)35-22/h3-8,10-12H,9,13H2,1-2H3,(H,28,31)(H,30,32). The van der Waals surface area contributed by atoms with Crippen molar-refractivity contribution in [2.24, 2.45) is 5.10 Å². The highest BCUT2D eigenvalue weighted by Gasteiger charge is 2.15. The predicted molar refractivity (Wildman–Crippen MR) is 139 cm³/mol. The molecule has 4 rings (SSSR count). The van der Waals surface area contributed by atoms with Crippen LogP contribution >= 0.6 is 27.5 Å². The van der Waals surface area contributed by atoms with Crippen molar-refractivity contribution in [2.45, 2.75) is 13.3 Å². The van der Waals surface area contributed by atoms with Crippen LogP contribution < -0.4 is 20.2 Å². The van der Waals surface area contributed by atoms with Crippen LogP contribution in [-0.2, 0) is 9.59 Å². The Morgan fingerprint density at radius 1 is 1.03 bits per heavy atom. The lowest BCUT2D eigenvalue weighted by Crippen LogP contribution is -2.26. The molecule has 4 aromatic rings. The number of rotatable bonds is 8. The second kappa shape index (κ2) is 10.8. The molecule has 180 valence electrons. The van der Waals surface area contributed by atoms with Gasteiger partial charge in [0, 0.05) is 27.6 Å². The third-order valence-corrected chi connectivity index (χ3v) is 5.87. The number of hydrazone groups is 1. The topological polar surface area (TPSA) is 102 Å². The Morgan fingerprint density at radius 3 is 2.60 bits per heavy atom. The van der Waals surface area contributed by atoms with Crippen LogP contribution in [0.25, 0.3) is 21.9 Å². The van der Waals surface area contributed by atoms with Crippen LogP contribution in [0, 0.1) is 0 Å². The molecule has 0 atom stereocenters. The molecule has 0 fully saturated rings. The van der Waals surface area contributed by atoms with Gasteiger partial charge in [0.25, 0.3) is 5.91 Å². The number of nitrogens with one attached hydrogen (secondary N) is 2. The van der Waals surface area contributed by atoms with Gasteiger partial charge in [-0.05, 0) is 53.2 Å². The van der Waals surface area contributed by atoms with Crippen molar-refractivity contribution < 1.29 is 23.5 Å². The van der Waals surface area contributed by atoms with Crippen molar-refractivity contribution in [2.75, 3.05) is 19.0 Å². The number of amides is 2. The van der Waals surface area contributed by atoms with Crippen molar-refractivity contribution in [3.63, 3.8) is 0 Å². The van der Waals surface area contributed by atoms with Crippen LogP contribution in [0.2, 0.25) is 5.02 Å². The summed E-state index contributed by atoms with van der Waals surface area (Å²) < 4.78 is 17.4. The maximum absolute atomic E-state index is 12.6. The minimum atomic E-state index is -0.469. The summed E-state index contributed by atoms with van der Waals surface area (Å²) in [6.07, 6.45) is -0.0365. The van der Waals surface area contributed by atoms with Gasteiger partial charge in [0.1, 0.15) is 22.7 Å². The average Bonchev–Trinajstić information content (AvgIpc) is 3.18. The van der Waals surface area contributed by atoms with Gasteiger partial charge in [-0.2, -0.15) is 5.10 Å². The summed E-state index contributed by atoms with van der Waals surface area (Å²) in [6, 6.07) is 16.2. The SMILES string of the molecule is COc1cc2c(cc1NC(=O)CC(C)=NNC(=O)COc1ccc(Cl)cc1Br)oc1ccccc12. The van der Waals surface area contributed by atoms with E-state index in [2.05, 4.69) is 31.8 Å². The van der Waals surface area contributed by atoms with Gasteiger partial charge in [0.05, 0.1) is 23.7 Å². The molecule has 0 spiro atoms. The summed E-state index contributed by atoms with van der Waals surface area (Å²) in [5.74, 6) is 0.185. The molecular formula is C25H21BrClN3O5. The molecule has 1 heterocycles. The molecule has 10 heteroatoms. The quantitative estimate of drug-likeness (QED) is 0.207. The van der Waals surface area contributed by atoms with E-state index in [0.717, 1.165) is 16.4 Å². The largest absolute Gasteiger partial charge is 0.495 e. The van der Waals surface area contributed by atoms with Crippen molar-refractivity contribution in [1.29, 1.82) is 0 Å². The minimum Gasteiger partial charge on any atom is -0.495 e. The molecule has 8 nitrogen and oxygen atoms in total. The first-order valence-corrected chi connectivity index (χ1v) is 11.7. The molecule has 0 radical (unpaired) electrons. The second-order valence-corrected chi connectivity index (χ2v) is 8.91. The summed E-state index contributed by atoms with van der Waals surface area (Å²) in [5.41, 5.74) is 4.64. The Hall–Kier alpha value is -3.56. The van der Waals surface area contributed by atoms with Crippen LogP contribution in [0.5, 0.6) is 11.5 Å². The third-order valence-electron chi connectivity index (χ3n) is 5.01. The van der Waals surface area contributed by atoms with Crippen molar-refractivity contribution >= 4 is 72.7 Å². The van der Waals surface area contributed by atoms with Gasteiger partial charge in [0.2, 0.25) is 5.91 Å². The van der Waals surface area contributed by atoms with E-state index in [1.807, 2.05) is 30.3 Å². The molecule has 1 aromatic heterocycles. The van der Waals surface area contributed by atoms with Gasteiger partial charge in [-0.15, -0.1) is 0 Å². The van der Waals surface area contributed by atoms with Crippen molar-refractivity contribution in [3.8, 4) is 11.5 Å². The Bertz CT molecular complexity index is 1450. The molecule has 0 saturated carbocycles. The first-order valence-electron chi connectivity index (χ1n) is 10.5. The van der Waals surface area contributed by atoms with Gasteiger partial charge in [-0.1, -0.05) is 29.8 Å². The fraction of sp³-hybridized carbons (Fsp3) is 0.160. The molecule has 35 heavy (non-hydrogen) atoms. The molecule has 2 amide bonds. The molecule has 0 aliphatic carbocycles. The fourth-order valence-corrected chi connectivity index (χ4v) is 4.21. The summed E-state index contributed by atoms with van der Waals surface area (Å²) in [6.45, 7) is 1.38. The number of methoxy groups -OCH3 is 1. The van der Waals surface area contributed by atoms with Gasteiger partial charge in [0.15, 0.2) is 6.61 Å². The van der Waals surface area contributed by atoms with Crippen LogP contribution in [-0.4, -0.2) is 31.2 Å². The smallest absolute Gasteiger partial charge is 0.277 e. The molecule has 0 unspecified atom stereocenters. The zero-order chi connectivity index (χ0) is 24.9. The Kier molecular flexibility index (Phi) is 7.57. The highest BCUT2D eigenvalue weighted by molar-refractivity contribution is 9.10. The fourth-order valence-electron chi connectivity index (χ4n) is 3.41. The van der Waals surface area contributed by atoms with E-state index in [1.165, 1.54) is 7.11 Å². The monoisotopic (exact) mass is 557 g/mol. The van der Waals surface area contributed by atoms with E-state index in [4.69, 9.17) is 25.5 Å².